The second-order valence-electron chi connectivity index (χ2n) is 4.48. The van der Waals surface area contributed by atoms with Crippen LogP contribution >= 0.6 is 0 Å². The zero-order valence-electron chi connectivity index (χ0n) is 9.38. The number of nitrogens with two attached hydrogens (primary N) is 1. The second kappa shape index (κ2) is 3.77. The number of nitrogens with zero attached hydrogens (tertiary/aromatic N) is 2. The van der Waals surface area contributed by atoms with Crippen molar-refractivity contribution in [3.8, 4) is 0 Å². The van der Waals surface area contributed by atoms with Gasteiger partial charge in [0.15, 0.2) is 0 Å². The molecule has 1 aromatic rings. The Kier molecular flexibility index (Phi) is 2.61. The summed E-state index contributed by atoms with van der Waals surface area (Å²) in [6.07, 6.45) is 4.25. The van der Waals surface area contributed by atoms with Gasteiger partial charge in [-0.25, -0.2) is 4.98 Å². The molecule has 1 saturated carbocycles. The smallest absolute Gasteiger partial charge is 0.144 e. The van der Waals surface area contributed by atoms with E-state index in [-0.39, 0.29) is 0 Å². The predicted octanol–water partition coefficient (Wildman–Crippen LogP) is 1.24. The van der Waals surface area contributed by atoms with Crippen LogP contribution in [0.3, 0.4) is 0 Å². The van der Waals surface area contributed by atoms with Gasteiger partial charge in [0, 0.05) is 6.54 Å². The molecule has 3 N–H and O–H groups in total. The third kappa shape index (κ3) is 2.26. The Bertz CT molecular complexity index is 358. The Labute approximate surface area is 90.3 Å². The SMILES string of the molecule is Cc1ncc(NCC2(CN)CC2)nc1C. The lowest BCUT2D eigenvalue weighted by Crippen LogP contribution is -2.24. The van der Waals surface area contributed by atoms with Crippen molar-refractivity contribution in [3.05, 3.63) is 17.6 Å². The van der Waals surface area contributed by atoms with Crippen molar-refractivity contribution < 1.29 is 0 Å². The molecule has 2 rings (SSSR count). The zero-order valence-corrected chi connectivity index (χ0v) is 9.38. The molecule has 1 aliphatic rings. The molecule has 1 fully saturated rings. The van der Waals surface area contributed by atoms with Crippen LogP contribution in [0.5, 0.6) is 0 Å². The number of nitrogens with one attached hydrogen (secondary N) is 1. The van der Waals surface area contributed by atoms with E-state index in [1.807, 2.05) is 13.8 Å². The maximum atomic E-state index is 5.71. The van der Waals surface area contributed by atoms with Gasteiger partial charge in [0.1, 0.15) is 5.82 Å². The van der Waals surface area contributed by atoms with Crippen molar-refractivity contribution in [2.24, 2.45) is 11.1 Å². The van der Waals surface area contributed by atoms with E-state index in [2.05, 4.69) is 15.3 Å². The molecule has 1 heterocycles. The van der Waals surface area contributed by atoms with Crippen LogP contribution in [-0.4, -0.2) is 23.1 Å². The van der Waals surface area contributed by atoms with Gasteiger partial charge in [-0.15, -0.1) is 0 Å². The monoisotopic (exact) mass is 206 g/mol. The molecule has 0 aliphatic heterocycles. The molecule has 0 amide bonds. The summed E-state index contributed by atoms with van der Waals surface area (Å²) in [6.45, 7) is 5.62. The minimum atomic E-state index is 0.334. The Morgan fingerprint density at radius 2 is 2.13 bits per heavy atom. The fourth-order valence-electron chi connectivity index (χ4n) is 1.53. The molecule has 15 heavy (non-hydrogen) atoms. The number of rotatable bonds is 4. The van der Waals surface area contributed by atoms with Gasteiger partial charge in [0.05, 0.1) is 17.6 Å². The van der Waals surface area contributed by atoms with Crippen LogP contribution in [0.4, 0.5) is 5.82 Å². The van der Waals surface area contributed by atoms with E-state index in [1.165, 1.54) is 12.8 Å². The summed E-state index contributed by atoms with van der Waals surface area (Å²) in [7, 11) is 0. The summed E-state index contributed by atoms with van der Waals surface area (Å²) >= 11 is 0. The van der Waals surface area contributed by atoms with Gasteiger partial charge in [-0.3, -0.25) is 4.98 Å². The number of aryl methyl sites for hydroxylation is 2. The fourth-order valence-corrected chi connectivity index (χ4v) is 1.53. The van der Waals surface area contributed by atoms with Gasteiger partial charge in [-0.1, -0.05) is 0 Å². The van der Waals surface area contributed by atoms with E-state index in [0.717, 1.165) is 30.3 Å². The highest BCUT2D eigenvalue weighted by Gasteiger charge is 2.40. The lowest BCUT2D eigenvalue weighted by Gasteiger charge is -2.13. The zero-order chi connectivity index (χ0) is 10.9. The lowest BCUT2D eigenvalue weighted by atomic mass is 10.1. The van der Waals surface area contributed by atoms with Crippen molar-refractivity contribution >= 4 is 5.82 Å². The number of hydrogen-bond donors (Lipinski definition) is 2. The molecule has 0 spiro atoms. The Morgan fingerprint density at radius 1 is 1.40 bits per heavy atom. The van der Waals surface area contributed by atoms with Crippen LogP contribution < -0.4 is 11.1 Å². The Balaban J connectivity index is 1.96. The topological polar surface area (TPSA) is 63.8 Å². The van der Waals surface area contributed by atoms with Crippen molar-refractivity contribution in [2.45, 2.75) is 26.7 Å². The molecule has 0 radical (unpaired) electrons. The first-order valence-electron chi connectivity index (χ1n) is 5.39. The van der Waals surface area contributed by atoms with Crippen molar-refractivity contribution in [2.75, 3.05) is 18.4 Å². The lowest BCUT2D eigenvalue weighted by molar-refractivity contribution is 0.554. The summed E-state index contributed by atoms with van der Waals surface area (Å²) in [5.74, 6) is 0.859. The van der Waals surface area contributed by atoms with Crippen LogP contribution in [0, 0.1) is 19.3 Å². The summed E-state index contributed by atoms with van der Waals surface area (Å²) < 4.78 is 0. The number of anilines is 1. The van der Waals surface area contributed by atoms with Crippen LogP contribution in [-0.2, 0) is 0 Å². The summed E-state index contributed by atoms with van der Waals surface area (Å²) in [5.41, 5.74) is 8.02. The Hall–Kier alpha value is -1.16. The number of hydrogen-bond acceptors (Lipinski definition) is 4. The maximum Gasteiger partial charge on any atom is 0.144 e. The van der Waals surface area contributed by atoms with Crippen LogP contribution in [0.2, 0.25) is 0 Å². The van der Waals surface area contributed by atoms with Crippen molar-refractivity contribution in [1.29, 1.82) is 0 Å². The highest BCUT2D eigenvalue weighted by Crippen LogP contribution is 2.44. The van der Waals surface area contributed by atoms with Crippen LogP contribution in [0.1, 0.15) is 24.2 Å². The quantitative estimate of drug-likeness (QED) is 0.778. The van der Waals surface area contributed by atoms with Gasteiger partial charge < -0.3 is 11.1 Å². The van der Waals surface area contributed by atoms with E-state index in [1.54, 1.807) is 6.20 Å². The summed E-state index contributed by atoms with van der Waals surface area (Å²) in [4.78, 5) is 8.69. The second-order valence-corrected chi connectivity index (χ2v) is 4.48. The van der Waals surface area contributed by atoms with Crippen LogP contribution in [0.15, 0.2) is 6.20 Å². The molecule has 0 aromatic carbocycles. The molecule has 1 aliphatic carbocycles. The molecular weight excluding hydrogens is 188 g/mol. The number of aromatic nitrogens is 2. The highest BCUT2D eigenvalue weighted by atomic mass is 15.0. The molecular formula is C11H18N4. The normalized spacial score (nSPS) is 17.5. The summed E-state index contributed by atoms with van der Waals surface area (Å²) in [5, 5.41) is 3.31. The summed E-state index contributed by atoms with van der Waals surface area (Å²) in [6, 6.07) is 0. The molecule has 4 heteroatoms. The van der Waals surface area contributed by atoms with E-state index in [0.29, 0.717) is 5.41 Å². The average molecular weight is 206 g/mol. The minimum absolute atomic E-state index is 0.334. The molecule has 82 valence electrons. The average Bonchev–Trinajstić information content (AvgIpc) is 3.01. The predicted molar refractivity (Wildman–Crippen MR) is 60.7 cm³/mol. The highest BCUT2D eigenvalue weighted by molar-refractivity contribution is 5.34. The minimum Gasteiger partial charge on any atom is -0.368 e. The molecule has 1 aromatic heterocycles. The third-order valence-corrected chi connectivity index (χ3v) is 3.23. The molecule has 0 bridgehead atoms. The van der Waals surface area contributed by atoms with Gasteiger partial charge in [0.25, 0.3) is 0 Å². The third-order valence-electron chi connectivity index (χ3n) is 3.23. The van der Waals surface area contributed by atoms with Gasteiger partial charge in [-0.05, 0) is 38.6 Å². The van der Waals surface area contributed by atoms with E-state index in [4.69, 9.17) is 5.73 Å². The maximum absolute atomic E-state index is 5.71. The molecule has 0 atom stereocenters. The largest absolute Gasteiger partial charge is 0.368 e. The van der Waals surface area contributed by atoms with Crippen molar-refractivity contribution in [1.82, 2.24) is 9.97 Å². The van der Waals surface area contributed by atoms with E-state index in [9.17, 15) is 0 Å². The van der Waals surface area contributed by atoms with E-state index >= 15 is 0 Å². The first-order valence-corrected chi connectivity index (χ1v) is 5.39. The van der Waals surface area contributed by atoms with Crippen molar-refractivity contribution in [3.63, 3.8) is 0 Å². The molecule has 0 saturated heterocycles. The van der Waals surface area contributed by atoms with Gasteiger partial charge in [0.2, 0.25) is 0 Å². The Morgan fingerprint density at radius 3 is 2.67 bits per heavy atom. The standard InChI is InChI=1S/C11H18N4/c1-8-9(2)15-10(5-13-8)14-7-11(6-12)3-4-11/h5H,3-4,6-7,12H2,1-2H3,(H,14,15). The first kappa shape index (κ1) is 10.4. The van der Waals surface area contributed by atoms with Crippen LogP contribution in [0.25, 0.3) is 0 Å². The fraction of sp³-hybridized carbons (Fsp3) is 0.636. The van der Waals surface area contributed by atoms with E-state index < -0.39 is 0 Å². The first-order chi connectivity index (χ1) is 7.15. The molecule has 0 unspecified atom stereocenters. The molecule has 4 nitrogen and oxygen atoms in total. The van der Waals surface area contributed by atoms with Gasteiger partial charge >= 0.3 is 0 Å². The van der Waals surface area contributed by atoms with Gasteiger partial charge in [-0.2, -0.15) is 0 Å².